The topological polar surface area (TPSA) is 88.1 Å². The van der Waals surface area contributed by atoms with Crippen molar-refractivity contribution in [1.82, 2.24) is 14.9 Å². The van der Waals surface area contributed by atoms with Gasteiger partial charge >= 0.3 is 11.9 Å². The van der Waals surface area contributed by atoms with Gasteiger partial charge in [-0.3, -0.25) is 4.90 Å². The molecule has 0 amide bonds. The van der Waals surface area contributed by atoms with Gasteiger partial charge in [0, 0.05) is 52.0 Å². The van der Waals surface area contributed by atoms with Crippen LogP contribution in [-0.4, -0.2) is 85.3 Å². The Kier molecular flexibility index (Phi) is 10.5. The molecule has 2 aromatic heterocycles. The minimum Gasteiger partial charge on any atom is -0.464 e. The first-order valence-corrected chi connectivity index (χ1v) is 13.7. The van der Waals surface area contributed by atoms with Crippen molar-refractivity contribution < 1.29 is 19.1 Å². The molecule has 0 aromatic carbocycles. The maximum Gasteiger partial charge on any atom is 0.356 e. The zero-order valence-electron chi connectivity index (χ0n) is 23.8. The van der Waals surface area contributed by atoms with Crippen LogP contribution in [-0.2, 0) is 9.47 Å². The number of methoxy groups -OCH3 is 1. The Balaban J connectivity index is 0.00000195. The molecule has 0 spiro atoms. The van der Waals surface area contributed by atoms with Crippen molar-refractivity contribution in [3.8, 4) is 0 Å². The van der Waals surface area contributed by atoms with Crippen LogP contribution in [0.5, 0.6) is 0 Å². The van der Waals surface area contributed by atoms with Gasteiger partial charge in [-0.1, -0.05) is 13.8 Å². The molecule has 38 heavy (non-hydrogen) atoms. The molecule has 2 aliphatic rings. The van der Waals surface area contributed by atoms with E-state index in [0.717, 1.165) is 70.2 Å². The van der Waals surface area contributed by atoms with Gasteiger partial charge in [0.1, 0.15) is 17.1 Å². The molecule has 9 nitrogen and oxygen atoms in total. The Bertz CT molecular complexity index is 1020. The molecule has 0 unspecified atom stereocenters. The van der Waals surface area contributed by atoms with Crippen LogP contribution in [0.15, 0.2) is 36.7 Å². The third-order valence-electron chi connectivity index (χ3n) is 6.72. The quantitative estimate of drug-likeness (QED) is 0.513. The van der Waals surface area contributed by atoms with Crippen LogP contribution in [0.4, 0.5) is 11.5 Å². The number of pyridine rings is 2. The van der Waals surface area contributed by atoms with Gasteiger partial charge in [0.25, 0.3) is 0 Å². The van der Waals surface area contributed by atoms with Crippen LogP contribution in [0.25, 0.3) is 0 Å². The summed E-state index contributed by atoms with van der Waals surface area (Å²) in [5.74, 6) is 0.844. The van der Waals surface area contributed by atoms with E-state index in [-0.39, 0.29) is 5.97 Å². The number of hydrogen-bond acceptors (Lipinski definition) is 9. The Morgan fingerprint density at radius 2 is 1.55 bits per heavy atom. The number of nitrogens with zero attached hydrogens (tertiary/aromatic N) is 5. The van der Waals surface area contributed by atoms with Crippen molar-refractivity contribution in [2.24, 2.45) is 5.92 Å². The highest BCUT2D eigenvalue weighted by Gasteiger charge is 2.25. The highest BCUT2D eigenvalue weighted by atomic mass is 16.6. The highest BCUT2D eigenvalue weighted by Crippen LogP contribution is 2.24. The zero-order chi connectivity index (χ0) is 27.7. The second-order valence-corrected chi connectivity index (χ2v) is 10.5. The number of esters is 2. The summed E-state index contributed by atoms with van der Waals surface area (Å²) in [7, 11) is 1.36. The van der Waals surface area contributed by atoms with Crippen molar-refractivity contribution in [2.75, 3.05) is 62.7 Å². The van der Waals surface area contributed by atoms with Gasteiger partial charge in [-0.15, -0.1) is 0 Å². The molecule has 4 heterocycles. The van der Waals surface area contributed by atoms with Crippen LogP contribution in [0.1, 0.15) is 68.3 Å². The summed E-state index contributed by atoms with van der Waals surface area (Å²) < 4.78 is 10.1. The molecule has 0 N–H and O–H groups in total. The van der Waals surface area contributed by atoms with Crippen LogP contribution in [0.3, 0.4) is 0 Å². The van der Waals surface area contributed by atoms with Gasteiger partial charge in [-0.05, 0) is 63.8 Å². The summed E-state index contributed by atoms with van der Waals surface area (Å²) >= 11 is 0. The first kappa shape index (κ1) is 29.4. The van der Waals surface area contributed by atoms with Crippen molar-refractivity contribution >= 4 is 23.4 Å². The number of carbonyl (C=O) groups excluding carboxylic acids is 2. The molecule has 2 aromatic rings. The van der Waals surface area contributed by atoms with E-state index in [2.05, 4.69) is 24.7 Å². The van der Waals surface area contributed by atoms with Crippen LogP contribution < -0.4 is 9.80 Å². The van der Waals surface area contributed by atoms with E-state index in [0.29, 0.717) is 17.2 Å². The molecule has 0 atom stereocenters. The standard InChI is InChI=1S/C27H37N5O4.C2H6/c1-27(2,3)36-25(33)21-5-8-24(29-17-21)32-11-9-20(10-12-32)19-30-13-15-31(16-14-30)22-6-7-23(28-18-22)26(34)35-4;1-2/h5-8,17-18,20H,9-16,19H2,1-4H3;1-2H3. The van der Waals surface area contributed by atoms with Crippen LogP contribution >= 0.6 is 0 Å². The number of hydrogen-bond donors (Lipinski definition) is 0. The van der Waals surface area contributed by atoms with E-state index in [1.54, 1.807) is 24.5 Å². The molecule has 9 heteroatoms. The van der Waals surface area contributed by atoms with E-state index in [1.807, 2.05) is 46.8 Å². The van der Waals surface area contributed by atoms with Crippen molar-refractivity contribution in [3.63, 3.8) is 0 Å². The van der Waals surface area contributed by atoms with Gasteiger partial charge in [0.15, 0.2) is 0 Å². The number of anilines is 2. The normalized spacial score (nSPS) is 16.9. The van der Waals surface area contributed by atoms with Crippen LogP contribution in [0, 0.1) is 5.92 Å². The summed E-state index contributed by atoms with van der Waals surface area (Å²) in [5, 5.41) is 0. The Labute approximate surface area is 227 Å². The smallest absolute Gasteiger partial charge is 0.356 e. The van der Waals surface area contributed by atoms with E-state index in [4.69, 9.17) is 9.47 Å². The van der Waals surface area contributed by atoms with Crippen LogP contribution in [0.2, 0.25) is 0 Å². The van der Waals surface area contributed by atoms with E-state index < -0.39 is 11.6 Å². The molecule has 4 rings (SSSR count). The number of ether oxygens (including phenoxy) is 2. The van der Waals surface area contributed by atoms with Crippen molar-refractivity contribution in [1.29, 1.82) is 0 Å². The third-order valence-corrected chi connectivity index (χ3v) is 6.72. The first-order chi connectivity index (χ1) is 18.2. The summed E-state index contributed by atoms with van der Waals surface area (Å²) in [6, 6.07) is 7.39. The summed E-state index contributed by atoms with van der Waals surface area (Å²) in [6.07, 6.45) is 5.64. The van der Waals surface area contributed by atoms with Gasteiger partial charge in [0.05, 0.1) is 24.6 Å². The van der Waals surface area contributed by atoms with Gasteiger partial charge in [-0.25, -0.2) is 19.6 Å². The average Bonchev–Trinajstić information content (AvgIpc) is 2.94. The monoisotopic (exact) mass is 525 g/mol. The fourth-order valence-corrected chi connectivity index (χ4v) is 4.73. The lowest BCUT2D eigenvalue weighted by atomic mass is 9.96. The zero-order valence-corrected chi connectivity index (χ0v) is 23.8. The van der Waals surface area contributed by atoms with Crippen molar-refractivity contribution in [2.45, 2.75) is 53.1 Å². The maximum absolute atomic E-state index is 12.2. The molecule has 208 valence electrons. The molecule has 0 saturated carbocycles. The molecule has 0 radical (unpaired) electrons. The highest BCUT2D eigenvalue weighted by molar-refractivity contribution is 5.89. The SMILES string of the molecule is CC.COC(=O)c1ccc(N2CCN(CC3CCN(c4ccc(C(=O)OC(C)(C)C)cn4)CC3)CC2)cn1. The summed E-state index contributed by atoms with van der Waals surface area (Å²) in [5.41, 5.74) is 1.35. The lowest BCUT2D eigenvalue weighted by Gasteiger charge is -2.39. The van der Waals surface area contributed by atoms with E-state index >= 15 is 0 Å². The predicted octanol–water partition coefficient (Wildman–Crippen LogP) is 4.28. The molecular formula is C29H43N5O4. The number of piperidine rings is 1. The predicted molar refractivity (Wildman–Crippen MR) is 150 cm³/mol. The Morgan fingerprint density at radius 1 is 0.868 bits per heavy atom. The second-order valence-electron chi connectivity index (χ2n) is 10.5. The fourth-order valence-electron chi connectivity index (χ4n) is 4.73. The molecule has 2 saturated heterocycles. The maximum atomic E-state index is 12.2. The molecule has 0 aliphatic carbocycles. The number of carbonyl (C=O) groups is 2. The molecule has 2 aliphatic heterocycles. The molecular weight excluding hydrogens is 482 g/mol. The summed E-state index contributed by atoms with van der Waals surface area (Å²) in [6.45, 7) is 16.6. The fraction of sp³-hybridized carbons (Fsp3) is 0.586. The first-order valence-electron chi connectivity index (χ1n) is 13.7. The van der Waals surface area contributed by atoms with Crippen molar-refractivity contribution in [3.05, 3.63) is 47.9 Å². The minimum atomic E-state index is -0.515. The van der Waals surface area contributed by atoms with Gasteiger partial charge < -0.3 is 19.3 Å². The lowest BCUT2D eigenvalue weighted by molar-refractivity contribution is 0.00689. The van der Waals surface area contributed by atoms with Gasteiger partial charge in [-0.2, -0.15) is 0 Å². The third kappa shape index (κ3) is 8.15. The lowest BCUT2D eigenvalue weighted by Crippen LogP contribution is -2.49. The number of piperazine rings is 1. The minimum absolute atomic E-state index is 0.334. The molecule has 0 bridgehead atoms. The Hall–Kier alpha value is -3.20. The second kappa shape index (κ2) is 13.6. The number of rotatable bonds is 6. The van der Waals surface area contributed by atoms with Gasteiger partial charge in [0.2, 0.25) is 0 Å². The average molecular weight is 526 g/mol. The largest absolute Gasteiger partial charge is 0.464 e. The Morgan fingerprint density at radius 3 is 2.08 bits per heavy atom. The number of aromatic nitrogens is 2. The summed E-state index contributed by atoms with van der Waals surface area (Å²) in [4.78, 5) is 39.8. The molecule has 2 fully saturated rings. The van der Waals surface area contributed by atoms with E-state index in [1.165, 1.54) is 7.11 Å². The van der Waals surface area contributed by atoms with E-state index in [9.17, 15) is 9.59 Å².